The van der Waals surface area contributed by atoms with Gasteiger partial charge in [0.15, 0.2) is 0 Å². The van der Waals surface area contributed by atoms with E-state index >= 15 is 0 Å². The molecule has 0 radical (unpaired) electrons. The fourth-order valence-electron chi connectivity index (χ4n) is 2.04. The molecule has 2 rings (SSSR count). The van der Waals surface area contributed by atoms with Crippen LogP contribution in [0.2, 0.25) is 0 Å². The molecule has 0 amide bonds. The number of aromatic nitrogens is 1. The number of hydrogen-bond donors (Lipinski definition) is 1. The molecule has 0 saturated carbocycles. The summed E-state index contributed by atoms with van der Waals surface area (Å²) in [6.07, 6.45) is 1.53. The van der Waals surface area contributed by atoms with Crippen molar-refractivity contribution in [1.29, 1.82) is 0 Å². The fourth-order valence-corrected chi connectivity index (χ4v) is 2.04. The van der Waals surface area contributed by atoms with Crippen LogP contribution in [-0.2, 0) is 0 Å². The molecule has 2 aromatic rings. The second-order valence-electron chi connectivity index (χ2n) is 4.35. The molecule has 1 aromatic heterocycles. The van der Waals surface area contributed by atoms with Gasteiger partial charge in [-0.15, -0.1) is 0 Å². The summed E-state index contributed by atoms with van der Waals surface area (Å²) < 4.78 is 13.7. The van der Waals surface area contributed by atoms with Gasteiger partial charge in [-0.1, -0.05) is 40.3 Å². The van der Waals surface area contributed by atoms with E-state index in [0.29, 0.717) is 16.9 Å². The van der Waals surface area contributed by atoms with Crippen LogP contribution in [-0.4, -0.2) is 4.98 Å². The number of rotatable bonds is 2. The van der Waals surface area contributed by atoms with Crippen LogP contribution in [0.4, 0.5) is 10.2 Å². The molecule has 0 bridgehead atoms. The molecule has 0 fully saturated rings. The van der Waals surface area contributed by atoms with Gasteiger partial charge >= 0.3 is 0 Å². The van der Waals surface area contributed by atoms with E-state index in [1.54, 1.807) is 12.1 Å². The van der Waals surface area contributed by atoms with Crippen molar-refractivity contribution in [2.45, 2.75) is 33.6 Å². The Balaban J connectivity index is 0.000000861. The predicted molar refractivity (Wildman–Crippen MR) is 81.6 cm³/mol. The topological polar surface area (TPSA) is 38.9 Å². The molecule has 0 spiro atoms. The highest BCUT2D eigenvalue weighted by Crippen LogP contribution is 2.30. The van der Waals surface area contributed by atoms with E-state index in [-0.39, 0.29) is 11.7 Å². The lowest BCUT2D eigenvalue weighted by molar-refractivity contribution is 0.627. The van der Waals surface area contributed by atoms with Gasteiger partial charge in [0.2, 0.25) is 0 Å². The summed E-state index contributed by atoms with van der Waals surface area (Å²) in [5.74, 6) is 0.437. The Morgan fingerprint density at radius 2 is 1.95 bits per heavy atom. The van der Waals surface area contributed by atoms with Crippen molar-refractivity contribution in [3.8, 4) is 0 Å². The number of benzene rings is 1. The first-order chi connectivity index (χ1) is 9.04. The summed E-state index contributed by atoms with van der Waals surface area (Å²) in [7, 11) is 0. The van der Waals surface area contributed by atoms with Crippen LogP contribution in [0.1, 0.15) is 44.7 Å². The lowest BCUT2D eigenvalue weighted by Gasteiger charge is -2.13. The van der Waals surface area contributed by atoms with Crippen LogP contribution in [0.5, 0.6) is 0 Å². The van der Waals surface area contributed by atoms with E-state index in [9.17, 15) is 4.39 Å². The highest BCUT2D eigenvalue weighted by Gasteiger charge is 2.13. The van der Waals surface area contributed by atoms with E-state index in [1.807, 2.05) is 27.7 Å². The van der Waals surface area contributed by atoms with Crippen molar-refractivity contribution in [3.05, 3.63) is 41.7 Å². The van der Waals surface area contributed by atoms with Gasteiger partial charge in [-0.3, -0.25) is 0 Å². The van der Waals surface area contributed by atoms with Crippen molar-refractivity contribution >= 4 is 22.8 Å². The normalized spacial score (nSPS) is 10.2. The highest BCUT2D eigenvalue weighted by atomic mass is 19.1. The molecule has 0 saturated heterocycles. The Morgan fingerprint density at radius 3 is 2.47 bits per heavy atom. The summed E-state index contributed by atoms with van der Waals surface area (Å²) in [5, 5.41) is 0.809. The number of nitrogens with zero attached hydrogens (tertiary/aromatic N) is 1. The third-order valence-corrected chi connectivity index (χ3v) is 2.84. The van der Waals surface area contributed by atoms with Gasteiger partial charge < -0.3 is 5.73 Å². The third-order valence-electron chi connectivity index (χ3n) is 2.84. The molecular weight excluding hydrogens is 239 g/mol. The number of nitrogens with two attached hydrogens (primary N) is 1. The van der Waals surface area contributed by atoms with E-state index in [4.69, 9.17) is 5.73 Å². The second kappa shape index (κ2) is 6.32. The van der Waals surface area contributed by atoms with Crippen LogP contribution in [0.15, 0.2) is 24.8 Å². The van der Waals surface area contributed by atoms with Gasteiger partial charge in [0.1, 0.15) is 11.6 Å². The predicted octanol–water partition coefficient (Wildman–Crippen LogP) is 4.75. The molecule has 1 aromatic carbocycles. The number of halogens is 1. The lowest BCUT2D eigenvalue weighted by atomic mass is 9.95. The molecule has 2 N–H and O–H groups in total. The molecule has 0 atom stereocenters. The Morgan fingerprint density at radius 1 is 1.32 bits per heavy atom. The zero-order valence-corrected chi connectivity index (χ0v) is 12.0. The van der Waals surface area contributed by atoms with E-state index < -0.39 is 0 Å². The monoisotopic (exact) mass is 260 g/mol. The summed E-state index contributed by atoms with van der Waals surface area (Å²) in [4.78, 5) is 4.23. The number of hydrogen-bond acceptors (Lipinski definition) is 2. The van der Waals surface area contributed by atoms with Gasteiger partial charge in [-0.25, -0.2) is 9.37 Å². The lowest BCUT2D eigenvalue weighted by Crippen LogP contribution is -1.99. The third kappa shape index (κ3) is 2.92. The van der Waals surface area contributed by atoms with Crippen LogP contribution in [0.3, 0.4) is 0 Å². The first-order valence-electron chi connectivity index (χ1n) is 6.55. The first-order valence-corrected chi connectivity index (χ1v) is 6.55. The number of anilines is 1. The maximum atomic E-state index is 13.7. The molecule has 19 heavy (non-hydrogen) atoms. The summed E-state index contributed by atoms with van der Waals surface area (Å²) in [6, 6.07) is 4.86. The van der Waals surface area contributed by atoms with E-state index in [0.717, 1.165) is 10.9 Å². The standard InChI is InChI=1S/C14H15FN2.C2H6/c1-4-9-11(15)5-6-12-14(9)10(8(2)3)7-13(16)17-12;1-2/h4-8H,1H2,2-3H3,(H2,16,17);1-2H3. The van der Waals surface area contributed by atoms with E-state index in [2.05, 4.69) is 11.6 Å². The van der Waals surface area contributed by atoms with Crippen LogP contribution >= 0.6 is 0 Å². The minimum atomic E-state index is -0.277. The van der Waals surface area contributed by atoms with Crippen LogP contribution in [0, 0.1) is 5.82 Å². The molecule has 102 valence electrons. The molecule has 0 aliphatic carbocycles. The second-order valence-corrected chi connectivity index (χ2v) is 4.35. The van der Waals surface area contributed by atoms with Gasteiger partial charge in [0, 0.05) is 10.9 Å². The molecule has 3 heteroatoms. The molecule has 0 aliphatic rings. The van der Waals surface area contributed by atoms with Crippen molar-refractivity contribution in [2.75, 3.05) is 5.73 Å². The average molecular weight is 260 g/mol. The maximum absolute atomic E-state index is 13.7. The van der Waals surface area contributed by atoms with Gasteiger partial charge in [-0.2, -0.15) is 0 Å². The van der Waals surface area contributed by atoms with Crippen molar-refractivity contribution < 1.29 is 4.39 Å². The highest BCUT2D eigenvalue weighted by molar-refractivity contribution is 5.92. The number of fused-ring (bicyclic) bond motifs is 1. The Hall–Kier alpha value is -1.90. The van der Waals surface area contributed by atoms with Crippen molar-refractivity contribution in [1.82, 2.24) is 4.98 Å². The van der Waals surface area contributed by atoms with Crippen LogP contribution in [0.25, 0.3) is 17.0 Å². The molecular formula is C16H21FN2. The number of nitrogen functional groups attached to an aromatic ring is 1. The SMILES string of the molecule is C=Cc1c(F)ccc2nc(N)cc(C(C)C)c12.CC. The Bertz CT molecular complexity index is 589. The zero-order valence-electron chi connectivity index (χ0n) is 12.0. The summed E-state index contributed by atoms with van der Waals surface area (Å²) in [5.41, 5.74) is 7.97. The molecule has 0 unspecified atom stereocenters. The summed E-state index contributed by atoms with van der Waals surface area (Å²) in [6.45, 7) is 11.8. The van der Waals surface area contributed by atoms with E-state index in [1.165, 1.54) is 12.1 Å². The Kier molecular flexibility index (Phi) is 5.04. The Labute approximate surface area is 114 Å². The smallest absolute Gasteiger partial charge is 0.131 e. The molecule has 0 aliphatic heterocycles. The quantitative estimate of drug-likeness (QED) is 0.846. The van der Waals surface area contributed by atoms with Crippen molar-refractivity contribution in [2.24, 2.45) is 0 Å². The maximum Gasteiger partial charge on any atom is 0.131 e. The van der Waals surface area contributed by atoms with Crippen molar-refractivity contribution in [3.63, 3.8) is 0 Å². The molecule has 2 nitrogen and oxygen atoms in total. The van der Waals surface area contributed by atoms with Gasteiger partial charge in [-0.05, 0) is 29.7 Å². The largest absolute Gasteiger partial charge is 0.384 e. The summed E-state index contributed by atoms with van der Waals surface area (Å²) >= 11 is 0. The van der Waals surface area contributed by atoms with Crippen LogP contribution < -0.4 is 5.73 Å². The minimum absolute atomic E-state index is 0.253. The molecule has 1 heterocycles. The fraction of sp³-hybridized carbons (Fsp3) is 0.312. The first kappa shape index (κ1) is 15.2. The number of pyridine rings is 1. The average Bonchev–Trinajstić information content (AvgIpc) is 2.40. The van der Waals surface area contributed by atoms with Gasteiger partial charge in [0.25, 0.3) is 0 Å². The minimum Gasteiger partial charge on any atom is -0.384 e. The zero-order chi connectivity index (χ0) is 14.6. The van der Waals surface area contributed by atoms with Gasteiger partial charge in [0.05, 0.1) is 5.52 Å².